The van der Waals surface area contributed by atoms with Gasteiger partial charge in [-0.25, -0.2) is 0 Å². The largest absolute Gasteiger partial charge is 1.00 e. The van der Waals surface area contributed by atoms with Crippen LogP contribution in [0.4, 0.5) is 0 Å². The molecule has 6 heteroatoms. The number of quaternary nitrogens is 2. The SMILES string of the molecule is CCCCCCCCCCCCOCC(COCCCCCCCCCCCC)(C[N+](C)(C)C)C[N+](C)(C)C.[I-].[I-]. The molecular formula is C35H76I2N2O2. The van der Waals surface area contributed by atoms with Crippen LogP contribution in [0.25, 0.3) is 0 Å². The Labute approximate surface area is 294 Å². The van der Waals surface area contributed by atoms with Crippen LogP contribution in [-0.4, -0.2) is 90.8 Å². The van der Waals surface area contributed by atoms with Crippen molar-refractivity contribution in [2.75, 3.05) is 81.8 Å². The summed E-state index contributed by atoms with van der Waals surface area (Å²) in [6, 6.07) is 0. The number of hydrogen-bond donors (Lipinski definition) is 0. The molecule has 0 aliphatic rings. The fourth-order valence-electron chi connectivity index (χ4n) is 6.25. The maximum Gasteiger partial charge on any atom is 0.115 e. The Morgan fingerprint density at radius 3 is 0.878 bits per heavy atom. The summed E-state index contributed by atoms with van der Waals surface area (Å²) < 4.78 is 14.7. The van der Waals surface area contributed by atoms with Gasteiger partial charge in [0.25, 0.3) is 0 Å². The maximum atomic E-state index is 6.42. The molecule has 0 aromatic heterocycles. The van der Waals surface area contributed by atoms with Crippen molar-refractivity contribution in [3.8, 4) is 0 Å². The summed E-state index contributed by atoms with van der Waals surface area (Å²) in [5.41, 5.74) is 0.0491. The van der Waals surface area contributed by atoms with Crippen LogP contribution in [0, 0.1) is 5.41 Å². The Balaban J connectivity index is -0.00000722. The highest BCUT2D eigenvalue weighted by Gasteiger charge is 2.41. The summed E-state index contributed by atoms with van der Waals surface area (Å²) in [5, 5.41) is 0. The molecule has 0 atom stereocenters. The van der Waals surface area contributed by atoms with Gasteiger partial charge in [-0.15, -0.1) is 0 Å². The zero-order chi connectivity index (χ0) is 29.3. The van der Waals surface area contributed by atoms with Gasteiger partial charge in [0.1, 0.15) is 5.41 Å². The average molecular weight is 811 g/mol. The lowest BCUT2D eigenvalue weighted by molar-refractivity contribution is -0.903. The fraction of sp³-hybridized carbons (Fsp3) is 1.00. The Kier molecular flexibility index (Phi) is 34.2. The molecule has 252 valence electrons. The molecule has 0 radical (unpaired) electrons. The fourth-order valence-corrected chi connectivity index (χ4v) is 6.25. The van der Waals surface area contributed by atoms with E-state index in [0.29, 0.717) is 0 Å². The molecule has 4 nitrogen and oxygen atoms in total. The van der Waals surface area contributed by atoms with E-state index in [1.807, 2.05) is 0 Å². The summed E-state index contributed by atoms with van der Waals surface area (Å²) in [6.07, 6.45) is 27.4. The standard InChI is InChI=1S/C35H76N2O2.2HI/c1-9-11-13-15-17-19-21-23-25-27-29-38-33-35(31-36(3,4)5,32-37(6,7)8)34-39-30-28-26-24-22-20-18-16-14-12-10-2;;/h9-34H2,1-8H3;2*1H/q+2;;/p-2. The lowest BCUT2D eigenvalue weighted by Crippen LogP contribution is -3.00. The molecule has 0 aliphatic carbocycles. The van der Waals surface area contributed by atoms with Gasteiger partial charge in [-0.05, 0) is 12.8 Å². The van der Waals surface area contributed by atoms with E-state index >= 15 is 0 Å². The van der Waals surface area contributed by atoms with Crippen molar-refractivity contribution < 1.29 is 66.4 Å². The molecule has 0 rings (SSSR count). The third-order valence-electron chi connectivity index (χ3n) is 7.72. The van der Waals surface area contributed by atoms with Gasteiger partial charge in [0, 0.05) is 13.2 Å². The van der Waals surface area contributed by atoms with E-state index in [1.165, 1.54) is 128 Å². The van der Waals surface area contributed by atoms with Crippen LogP contribution in [0.5, 0.6) is 0 Å². The van der Waals surface area contributed by atoms with Crippen molar-refractivity contribution in [1.29, 1.82) is 0 Å². The summed E-state index contributed by atoms with van der Waals surface area (Å²) in [6.45, 7) is 10.2. The Morgan fingerprint density at radius 1 is 0.390 bits per heavy atom. The normalized spacial score (nSPS) is 12.3. The minimum atomic E-state index is 0. The predicted molar refractivity (Wildman–Crippen MR) is 174 cm³/mol. The van der Waals surface area contributed by atoms with Crippen molar-refractivity contribution >= 4 is 0 Å². The van der Waals surface area contributed by atoms with Crippen molar-refractivity contribution in [3.05, 3.63) is 0 Å². The number of ether oxygens (including phenoxy) is 2. The number of unbranched alkanes of at least 4 members (excludes halogenated alkanes) is 18. The number of nitrogens with zero attached hydrogens (tertiary/aromatic N) is 2. The quantitative estimate of drug-likeness (QED) is 0.0631. The lowest BCUT2D eigenvalue weighted by atomic mass is 9.87. The number of rotatable bonds is 30. The van der Waals surface area contributed by atoms with Crippen LogP contribution < -0.4 is 48.0 Å². The minimum Gasteiger partial charge on any atom is -1.00 e. The molecule has 0 amide bonds. The molecule has 0 unspecified atom stereocenters. The highest BCUT2D eigenvalue weighted by Crippen LogP contribution is 2.26. The molecule has 0 heterocycles. The van der Waals surface area contributed by atoms with Gasteiger partial charge in [-0.2, -0.15) is 0 Å². The first-order chi connectivity index (χ1) is 18.5. The van der Waals surface area contributed by atoms with Gasteiger partial charge >= 0.3 is 0 Å². The molecule has 0 bridgehead atoms. The molecule has 0 fully saturated rings. The molecule has 0 spiro atoms. The van der Waals surface area contributed by atoms with E-state index in [-0.39, 0.29) is 53.4 Å². The first-order valence-electron chi connectivity index (χ1n) is 17.3. The Morgan fingerprint density at radius 2 is 0.634 bits per heavy atom. The number of hydrogen-bond acceptors (Lipinski definition) is 2. The second kappa shape index (κ2) is 30.0. The number of halogens is 2. The van der Waals surface area contributed by atoms with E-state index in [1.54, 1.807) is 0 Å². The predicted octanol–water partition coefficient (Wildman–Crippen LogP) is 3.27. The third kappa shape index (κ3) is 34.0. The van der Waals surface area contributed by atoms with Crippen molar-refractivity contribution in [2.24, 2.45) is 5.41 Å². The van der Waals surface area contributed by atoms with Crippen LogP contribution in [0.3, 0.4) is 0 Å². The van der Waals surface area contributed by atoms with Crippen molar-refractivity contribution in [1.82, 2.24) is 0 Å². The van der Waals surface area contributed by atoms with Crippen LogP contribution in [0.2, 0.25) is 0 Å². The van der Waals surface area contributed by atoms with Gasteiger partial charge in [0.05, 0.1) is 68.6 Å². The van der Waals surface area contributed by atoms with Crippen LogP contribution in [0.1, 0.15) is 142 Å². The van der Waals surface area contributed by atoms with Gasteiger partial charge in [0.2, 0.25) is 0 Å². The van der Waals surface area contributed by atoms with Crippen molar-refractivity contribution in [3.63, 3.8) is 0 Å². The van der Waals surface area contributed by atoms with E-state index in [9.17, 15) is 0 Å². The zero-order valence-corrected chi connectivity index (χ0v) is 33.7. The summed E-state index contributed by atoms with van der Waals surface area (Å²) >= 11 is 0. The second-order valence-corrected chi connectivity index (χ2v) is 14.9. The van der Waals surface area contributed by atoms with Gasteiger partial charge < -0.3 is 66.4 Å². The Hall–Kier alpha value is 1.30. The Bertz CT molecular complexity index is 475. The summed E-state index contributed by atoms with van der Waals surface area (Å²) in [7, 11) is 13.9. The van der Waals surface area contributed by atoms with E-state index in [0.717, 1.165) is 48.5 Å². The average Bonchev–Trinajstić information content (AvgIpc) is 2.83. The van der Waals surface area contributed by atoms with Crippen LogP contribution in [0.15, 0.2) is 0 Å². The molecular weight excluding hydrogens is 734 g/mol. The molecule has 41 heavy (non-hydrogen) atoms. The first kappa shape index (κ1) is 46.7. The van der Waals surface area contributed by atoms with E-state index < -0.39 is 0 Å². The molecule has 0 aromatic rings. The molecule has 0 saturated carbocycles. The highest BCUT2D eigenvalue weighted by molar-refractivity contribution is 4.79. The van der Waals surface area contributed by atoms with Gasteiger partial charge in [-0.3, -0.25) is 0 Å². The van der Waals surface area contributed by atoms with Gasteiger partial charge in [0.15, 0.2) is 0 Å². The molecule has 0 N–H and O–H groups in total. The monoisotopic (exact) mass is 810 g/mol. The second-order valence-electron chi connectivity index (χ2n) is 14.9. The third-order valence-corrected chi connectivity index (χ3v) is 7.72. The zero-order valence-electron chi connectivity index (χ0n) is 29.4. The highest BCUT2D eigenvalue weighted by atomic mass is 127. The minimum absolute atomic E-state index is 0. The molecule has 0 aliphatic heterocycles. The topological polar surface area (TPSA) is 18.5 Å². The van der Waals surface area contributed by atoms with Crippen molar-refractivity contribution in [2.45, 2.75) is 142 Å². The molecule has 0 saturated heterocycles. The van der Waals surface area contributed by atoms with Crippen LogP contribution in [-0.2, 0) is 9.47 Å². The van der Waals surface area contributed by atoms with Crippen LogP contribution >= 0.6 is 0 Å². The smallest absolute Gasteiger partial charge is 0.115 e. The molecule has 0 aromatic carbocycles. The lowest BCUT2D eigenvalue weighted by Gasteiger charge is -2.42. The maximum absolute atomic E-state index is 6.42. The van der Waals surface area contributed by atoms with E-state index in [2.05, 4.69) is 56.1 Å². The van der Waals surface area contributed by atoms with E-state index in [4.69, 9.17) is 9.47 Å². The first-order valence-corrected chi connectivity index (χ1v) is 17.3. The van der Waals surface area contributed by atoms with Gasteiger partial charge in [-0.1, -0.05) is 129 Å². The summed E-state index contributed by atoms with van der Waals surface area (Å²) in [5.74, 6) is 0. The summed E-state index contributed by atoms with van der Waals surface area (Å²) in [4.78, 5) is 0.